The normalized spacial score (nSPS) is 12.3. The Morgan fingerprint density at radius 2 is 1.59 bits per heavy atom. The van der Waals surface area contributed by atoms with Crippen molar-refractivity contribution in [3.63, 3.8) is 0 Å². The van der Waals surface area contributed by atoms with E-state index in [-0.39, 0.29) is 39.2 Å². The van der Waals surface area contributed by atoms with Crippen molar-refractivity contribution in [3.8, 4) is 22.5 Å². The van der Waals surface area contributed by atoms with Crippen LogP contribution in [0.3, 0.4) is 0 Å². The van der Waals surface area contributed by atoms with Gasteiger partial charge in [0.1, 0.15) is 11.6 Å². The Kier molecular flexibility index (Phi) is 8.59. The minimum atomic E-state index is -4.48. The van der Waals surface area contributed by atoms with Crippen LogP contribution in [-0.4, -0.2) is 41.5 Å². The summed E-state index contributed by atoms with van der Waals surface area (Å²) >= 11 is 0. The summed E-state index contributed by atoms with van der Waals surface area (Å²) < 4.78 is 59.5. The van der Waals surface area contributed by atoms with E-state index in [1.165, 1.54) is 49.5 Å². The number of primary amides is 1. The van der Waals surface area contributed by atoms with Crippen molar-refractivity contribution in [2.45, 2.75) is 52.3 Å². The smallest absolute Gasteiger partial charge is 0.389 e. The Bertz CT molecular complexity index is 1740. The minimum Gasteiger partial charge on any atom is -0.437 e. The average Bonchev–Trinajstić information content (AvgIpc) is 3.33. The molecule has 2 heterocycles. The van der Waals surface area contributed by atoms with Crippen molar-refractivity contribution in [2.24, 2.45) is 11.1 Å². The summed E-state index contributed by atoms with van der Waals surface area (Å²) in [4.78, 5) is 42.8. The number of carbonyl (C=O) groups excluding carboxylic acids is 3. The molecule has 4 rings (SSSR count). The van der Waals surface area contributed by atoms with Crippen molar-refractivity contribution in [2.75, 3.05) is 7.05 Å². The third kappa shape index (κ3) is 6.43. The van der Waals surface area contributed by atoms with Gasteiger partial charge in [-0.1, -0.05) is 12.1 Å². The lowest BCUT2D eigenvalue weighted by atomic mass is 9.73. The van der Waals surface area contributed by atoms with Gasteiger partial charge < -0.3 is 20.8 Å². The summed E-state index contributed by atoms with van der Waals surface area (Å²) in [7, 11) is 1.41. The molecule has 4 aromatic rings. The van der Waals surface area contributed by atoms with Crippen LogP contribution in [0.15, 0.2) is 59.0 Å². The molecule has 2 aromatic heterocycles. The largest absolute Gasteiger partial charge is 0.437 e. The Morgan fingerprint density at radius 1 is 0.932 bits per heavy atom. The maximum atomic E-state index is 13.6. The van der Waals surface area contributed by atoms with Crippen LogP contribution in [0.1, 0.15) is 60.5 Å². The van der Waals surface area contributed by atoms with E-state index in [4.69, 9.17) is 10.2 Å². The number of hydrogen-bond donors (Lipinski definition) is 3. The quantitative estimate of drug-likeness (QED) is 0.195. The number of carbonyl (C=O) groups is 3. The zero-order valence-corrected chi connectivity index (χ0v) is 24.8. The first-order valence-corrected chi connectivity index (χ1v) is 13.7. The number of nitrogens with zero attached hydrogens (tertiary/aromatic N) is 1. The molecule has 0 aliphatic carbocycles. The number of amides is 3. The van der Waals surface area contributed by atoms with Crippen LogP contribution < -0.4 is 16.4 Å². The van der Waals surface area contributed by atoms with Crippen LogP contribution in [0.25, 0.3) is 33.6 Å². The van der Waals surface area contributed by atoms with Crippen molar-refractivity contribution in [1.29, 1.82) is 0 Å². The molecule has 44 heavy (non-hydrogen) atoms. The van der Waals surface area contributed by atoms with E-state index in [0.29, 0.717) is 11.1 Å². The van der Waals surface area contributed by atoms with Crippen LogP contribution in [0.5, 0.6) is 0 Å². The van der Waals surface area contributed by atoms with Gasteiger partial charge in [0.25, 0.3) is 11.8 Å². The molecule has 0 saturated heterocycles. The van der Waals surface area contributed by atoms with Gasteiger partial charge in [0.15, 0.2) is 0 Å². The van der Waals surface area contributed by atoms with Gasteiger partial charge in [-0.2, -0.15) is 13.2 Å². The number of alkyl halides is 3. The second-order valence-corrected chi connectivity index (χ2v) is 11.5. The maximum Gasteiger partial charge on any atom is 0.389 e. The molecule has 0 atom stereocenters. The lowest BCUT2D eigenvalue weighted by Crippen LogP contribution is -2.58. The molecule has 12 heteroatoms. The number of benzene rings is 2. The number of nitrogens with two attached hydrogens (primary N) is 1. The molecule has 4 N–H and O–H groups in total. The second-order valence-electron chi connectivity index (χ2n) is 11.5. The highest BCUT2D eigenvalue weighted by molar-refractivity contribution is 6.11. The topological polar surface area (TPSA) is 127 Å². The molecule has 0 aliphatic rings. The molecule has 0 unspecified atom stereocenters. The summed E-state index contributed by atoms with van der Waals surface area (Å²) in [5.41, 5.74) is 4.56. The molecular formula is C32H32F4N4O4. The van der Waals surface area contributed by atoms with E-state index in [1.807, 2.05) is 0 Å². The maximum absolute atomic E-state index is 13.6. The van der Waals surface area contributed by atoms with Gasteiger partial charge in [-0.3, -0.25) is 14.4 Å². The highest BCUT2D eigenvalue weighted by atomic mass is 19.4. The zero-order valence-electron chi connectivity index (χ0n) is 24.8. The van der Waals surface area contributed by atoms with Crippen LogP contribution in [0.4, 0.5) is 17.6 Å². The average molecular weight is 613 g/mol. The van der Waals surface area contributed by atoms with Gasteiger partial charge in [-0.25, -0.2) is 9.37 Å². The van der Waals surface area contributed by atoms with E-state index < -0.39 is 53.5 Å². The fourth-order valence-corrected chi connectivity index (χ4v) is 4.56. The first-order chi connectivity index (χ1) is 20.4. The van der Waals surface area contributed by atoms with Crippen molar-refractivity contribution in [3.05, 3.63) is 77.2 Å². The van der Waals surface area contributed by atoms with Gasteiger partial charge in [0, 0.05) is 35.7 Å². The Labute approximate surface area is 251 Å². The third-order valence-electron chi connectivity index (χ3n) is 8.01. The van der Waals surface area contributed by atoms with E-state index in [2.05, 4.69) is 15.6 Å². The van der Waals surface area contributed by atoms with E-state index in [9.17, 15) is 31.9 Å². The number of halogens is 4. The molecule has 2 aromatic carbocycles. The molecule has 8 nitrogen and oxygen atoms in total. The second kappa shape index (κ2) is 11.7. The number of furan rings is 1. The number of fused-ring (bicyclic) bond motifs is 1. The number of nitrogens with one attached hydrogen (secondary N) is 2. The Morgan fingerprint density at radius 3 is 2.18 bits per heavy atom. The molecule has 0 saturated carbocycles. The fraction of sp³-hybridized carbons (Fsp3) is 0.312. The van der Waals surface area contributed by atoms with E-state index in [1.54, 1.807) is 39.8 Å². The molecule has 3 amide bonds. The number of aryl methyl sites for hydroxylation is 1. The van der Waals surface area contributed by atoms with Gasteiger partial charge in [0.2, 0.25) is 11.6 Å². The molecule has 0 spiro atoms. The Hall–Kier alpha value is -4.74. The van der Waals surface area contributed by atoms with Gasteiger partial charge in [0.05, 0.1) is 22.1 Å². The van der Waals surface area contributed by atoms with Gasteiger partial charge >= 0.3 is 6.18 Å². The standard InChI is InChI=1S/C32H32F4N4O4/c1-30(2,29(37)43)31(3,4)40-26(41)19-8-6-7-18(15-19)21-16-22-24(27(42)38-5)25(17-9-11-20(33)12-10-17)44-28(22)39-23(21)13-14-32(34,35)36/h6-12,15-16H,13-14H2,1-5H3,(H2,37,43)(H,38,42)(H,40,41). The molecule has 0 bridgehead atoms. The van der Waals surface area contributed by atoms with Crippen LogP contribution in [0, 0.1) is 11.2 Å². The molecule has 0 aliphatic heterocycles. The monoisotopic (exact) mass is 612 g/mol. The summed E-state index contributed by atoms with van der Waals surface area (Å²) in [6, 6.07) is 12.9. The van der Waals surface area contributed by atoms with Crippen LogP contribution in [-0.2, 0) is 11.2 Å². The first-order valence-electron chi connectivity index (χ1n) is 13.7. The van der Waals surface area contributed by atoms with Crippen molar-refractivity contribution < 1.29 is 36.4 Å². The number of rotatable bonds is 9. The molecule has 0 fully saturated rings. The number of hydrogen-bond acceptors (Lipinski definition) is 5. The van der Waals surface area contributed by atoms with Crippen LogP contribution >= 0.6 is 0 Å². The van der Waals surface area contributed by atoms with Gasteiger partial charge in [-0.15, -0.1) is 0 Å². The molecule has 232 valence electrons. The lowest BCUT2D eigenvalue weighted by Gasteiger charge is -2.39. The number of aromatic nitrogens is 1. The summed E-state index contributed by atoms with van der Waals surface area (Å²) in [6.07, 6.45) is -6.17. The van der Waals surface area contributed by atoms with E-state index >= 15 is 0 Å². The lowest BCUT2D eigenvalue weighted by molar-refractivity contribution is -0.134. The summed E-state index contributed by atoms with van der Waals surface area (Å²) in [5.74, 6) is -2.14. The fourth-order valence-electron chi connectivity index (χ4n) is 4.56. The SMILES string of the molecule is CNC(=O)c1c(-c2ccc(F)cc2)oc2nc(CCC(F)(F)F)c(-c3cccc(C(=O)NC(C)(C)C(C)(C)C(N)=O)c3)cc12. The summed E-state index contributed by atoms with van der Waals surface area (Å²) in [6.45, 7) is 6.53. The van der Waals surface area contributed by atoms with Crippen molar-refractivity contribution in [1.82, 2.24) is 15.6 Å². The van der Waals surface area contributed by atoms with Gasteiger partial charge in [-0.05, 0) is 82.1 Å². The third-order valence-corrected chi connectivity index (χ3v) is 8.01. The van der Waals surface area contributed by atoms with Crippen LogP contribution in [0.2, 0.25) is 0 Å². The highest BCUT2D eigenvalue weighted by Gasteiger charge is 2.43. The first kappa shape index (κ1) is 32.2. The molecule has 0 radical (unpaired) electrons. The van der Waals surface area contributed by atoms with E-state index in [0.717, 1.165) is 0 Å². The number of pyridine rings is 1. The zero-order chi connectivity index (χ0) is 32.6. The molecular weight excluding hydrogens is 580 g/mol. The Balaban J connectivity index is 1.88. The highest BCUT2D eigenvalue weighted by Crippen LogP contribution is 2.38. The summed E-state index contributed by atoms with van der Waals surface area (Å²) in [5, 5.41) is 5.57. The van der Waals surface area contributed by atoms with Crippen molar-refractivity contribution >= 4 is 28.8 Å². The predicted octanol–water partition coefficient (Wildman–Crippen LogP) is 6.18. The minimum absolute atomic E-state index is 0.0328. The predicted molar refractivity (Wildman–Crippen MR) is 157 cm³/mol.